The molecule has 0 radical (unpaired) electrons. The molecule has 8 nitrogen and oxygen atoms in total. The molecular formula is C19H21N4NaO4S2. The maximum absolute atomic E-state index is 13.0. The number of aliphatic imine (C=N–C) groups is 1. The molecule has 30 heavy (non-hydrogen) atoms. The van der Waals surface area contributed by atoms with E-state index >= 15 is 0 Å². The third-order valence-electron chi connectivity index (χ3n) is 5.45. The van der Waals surface area contributed by atoms with Crippen molar-refractivity contribution in [2.75, 3.05) is 11.5 Å². The molecule has 2 fully saturated rings. The van der Waals surface area contributed by atoms with Crippen LogP contribution in [-0.4, -0.2) is 49.9 Å². The van der Waals surface area contributed by atoms with E-state index in [9.17, 15) is 19.8 Å². The van der Waals surface area contributed by atoms with E-state index in [4.69, 9.17) is 5.73 Å². The molecule has 0 bridgehead atoms. The number of carboxylic acid groups (broad SMARTS) is 1. The number of anilines is 1. The summed E-state index contributed by atoms with van der Waals surface area (Å²) in [6, 6.07) is -0.874. The van der Waals surface area contributed by atoms with Crippen molar-refractivity contribution in [2.24, 2.45) is 10.9 Å². The first-order valence-corrected chi connectivity index (χ1v) is 11.4. The second-order valence-corrected chi connectivity index (χ2v) is 9.32. The molecule has 1 amide bonds. The Morgan fingerprint density at radius 1 is 1.43 bits per heavy atom. The summed E-state index contributed by atoms with van der Waals surface area (Å²) in [6.07, 6.45) is 8.85. The monoisotopic (exact) mass is 456 g/mol. The molecule has 1 aromatic heterocycles. The maximum Gasteiger partial charge on any atom is 1.00 e. The molecule has 1 saturated heterocycles. The molecule has 3 heterocycles. The summed E-state index contributed by atoms with van der Waals surface area (Å²) in [7, 11) is 0. The van der Waals surface area contributed by atoms with Crippen LogP contribution in [0.3, 0.4) is 0 Å². The molecule has 4 rings (SSSR count). The van der Waals surface area contributed by atoms with Gasteiger partial charge < -0.3 is 15.9 Å². The van der Waals surface area contributed by atoms with Crippen LogP contribution >= 0.6 is 23.1 Å². The smallest absolute Gasteiger partial charge is 0.858 e. The van der Waals surface area contributed by atoms with Crippen molar-refractivity contribution in [3.05, 3.63) is 28.9 Å². The van der Waals surface area contributed by atoms with E-state index in [2.05, 4.69) is 9.98 Å². The van der Waals surface area contributed by atoms with E-state index < -0.39 is 29.2 Å². The number of fused-ring (bicyclic) bond motifs is 1. The minimum absolute atomic E-state index is 0. The molecule has 0 spiro atoms. The number of β-lactam (4-membered cyclic amide) rings is 1. The van der Waals surface area contributed by atoms with Crippen molar-refractivity contribution in [2.45, 2.75) is 43.5 Å². The van der Waals surface area contributed by atoms with Crippen LogP contribution in [0.1, 0.15) is 37.8 Å². The van der Waals surface area contributed by atoms with Gasteiger partial charge in [-0.15, -0.1) is 23.1 Å². The number of carboxylic acids is 1. The molecule has 154 valence electrons. The number of hydrogen-bond donors (Lipinski definition) is 2. The van der Waals surface area contributed by atoms with Crippen LogP contribution in [-0.2, 0) is 9.59 Å². The predicted molar refractivity (Wildman–Crippen MR) is 111 cm³/mol. The molecule has 1 saturated carbocycles. The summed E-state index contributed by atoms with van der Waals surface area (Å²) in [5, 5.41) is 23.9. The standard InChI is InChI=1S/C19H22N4O4S2.Na/c20-19-21-12(9-29-19)11(6-5-10-3-1-2-4-10)15(24)22-14-16(25)23-13(18(26)27)7-8-28-17(14)23;/h6-7,9-10,14,17H,1-5,8H2,(H2,20,21)(H,22,24)(H,26,27);/q;+1/p-1/b11-6-;/t14-,17-;/m1./s1. The van der Waals surface area contributed by atoms with Gasteiger partial charge in [-0.3, -0.25) is 14.7 Å². The van der Waals surface area contributed by atoms with Gasteiger partial charge in [0.25, 0.3) is 5.91 Å². The third-order valence-corrected chi connectivity index (χ3v) is 7.30. The molecule has 2 aliphatic heterocycles. The quantitative estimate of drug-likeness (QED) is 0.235. The zero-order valence-electron chi connectivity index (χ0n) is 16.6. The molecule has 3 N–H and O–H groups in total. The van der Waals surface area contributed by atoms with E-state index in [0.717, 1.165) is 19.3 Å². The Hall–Kier alpha value is -1.33. The fraction of sp³-hybridized carbons (Fsp3) is 0.474. The number of allylic oxidation sites excluding steroid dienone is 1. The Balaban J connectivity index is 0.00000256. The molecule has 0 unspecified atom stereocenters. The molecule has 1 aromatic rings. The number of rotatable bonds is 6. The zero-order valence-corrected chi connectivity index (χ0v) is 20.2. The Kier molecular flexibility index (Phi) is 7.67. The van der Waals surface area contributed by atoms with Crippen LogP contribution in [0.4, 0.5) is 5.13 Å². The summed E-state index contributed by atoms with van der Waals surface area (Å²) in [5.41, 5.74) is 6.54. The molecule has 11 heteroatoms. The minimum Gasteiger partial charge on any atom is -0.858 e. The number of nitrogens with zero attached hydrogens (tertiary/aromatic N) is 3. The van der Waals surface area contributed by atoms with Gasteiger partial charge >= 0.3 is 35.5 Å². The van der Waals surface area contributed by atoms with Gasteiger partial charge in [0.05, 0.1) is 5.69 Å². The van der Waals surface area contributed by atoms with Crippen molar-refractivity contribution in [1.82, 2.24) is 9.88 Å². The van der Waals surface area contributed by atoms with Crippen molar-refractivity contribution in [1.29, 1.82) is 0 Å². The number of nitrogen functional groups attached to an aromatic ring is 1. The topological polar surface area (TPSA) is 132 Å². The summed E-state index contributed by atoms with van der Waals surface area (Å²) in [6.45, 7) is 0. The number of carbonyl (C=O) groups excluding carboxylic acids is 1. The number of aliphatic carboxylic acids is 1. The van der Waals surface area contributed by atoms with Crippen molar-refractivity contribution in [3.8, 4) is 0 Å². The minimum atomic E-state index is -1.15. The zero-order chi connectivity index (χ0) is 20.5. The fourth-order valence-corrected chi connectivity index (χ4v) is 5.68. The first-order valence-electron chi connectivity index (χ1n) is 9.50. The number of hydrogen-bond acceptors (Lipinski definition) is 8. The summed E-state index contributed by atoms with van der Waals surface area (Å²) < 4.78 is 0. The van der Waals surface area contributed by atoms with Crippen molar-refractivity contribution in [3.63, 3.8) is 0 Å². The summed E-state index contributed by atoms with van der Waals surface area (Å²) in [5.74, 6) is -1.10. The van der Waals surface area contributed by atoms with Crippen molar-refractivity contribution < 1.29 is 49.4 Å². The Morgan fingerprint density at radius 2 is 2.17 bits per heavy atom. The first-order chi connectivity index (χ1) is 14.0. The average Bonchev–Trinajstić information content (AvgIpc) is 3.37. The van der Waals surface area contributed by atoms with E-state index in [0.29, 0.717) is 28.1 Å². The van der Waals surface area contributed by atoms with E-state index in [1.807, 2.05) is 6.08 Å². The second kappa shape index (κ2) is 9.86. The summed E-state index contributed by atoms with van der Waals surface area (Å²) >= 11 is 2.65. The van der Waals surface area contributed by atoms with Gasteiger partial charge in [0.15, 0.2) is 11.2 Å². The Bertz CT molecular complexity index is 923. The van der Waals surface area contributed by atoms with Gasteiger partial charge in [0.1, 0.15) is 11.1 Å². The molecular weight excluding hydrogens is 435 g/mol. The van der Waals surface area contributed by atoms with Gasteiger partial charge in [-0.05, 0) is 24.3 Å². The number of thiazole rings is 1. The van der Waals surface area contributed by atoms with Crippen molar-refractivity contribution >= 4 is 51.6 Å². The van der Waals surface area contributed by atoms with Crippen LogP contribution in [0.15, 0.2) is 28.2 Å². The van der Waals surface area contributed by atoms with Gasteiger partial charge in [-0.2, -0.15) is 0 Å². The molecule has 0 aromatic carbocycles. The SMILES string of the molecule is Nc1nc(/C(=C/CC2CCCC2)C([O-])=N[C@@H]2C(=O)N3C(C(=O)O)=CCS[C@H]23)cs1.[Na+]. The third kappa shape index (κ3) is 4.62. The van der Waals surface area contributed by atoms with E-state index in [-0.39, 0.29) is 35.3 Å². The number of thioether (sulfide) groups is 1. The summed E-state index contributed by atoms with van der Waals surface area (Å²) in [4.78, 5) is 33.4. The van der Waals surface area contributed by atoms with Gasteiger partial charge in [-0.1, -0.05) is 31.8 Å². The second-order valence-electron chi connectivity index (χ2n) is 7.28. The van der Waals surface area contributed by atoms with Crippen LogP contribution in [0.25, 0.3) is 5.57 Å². The Morgan fingerprint density at radius 3 is 2.80 bits per heavy atom. The van der Waals surface area contributed by atoms with Crippen LogP contribution < -0.4 is 40.4 Å². The Labute approximate surface area is 204 Å². The van der Waals surface area contributed by atoms with E-state index in [1.165, 1.54) is 46.9 Å². The molecule has 2 atom stereocenters. The van der Waals surface area contributed by atoms with Gasteiger partial charge in [0, 0.05) is 16.7 Å². The molecule has 1 aliphatic carbocycles. The van der Waals surface area contributed by atoms with Crippen LogP contribution in [0.5, 0.6) is 0 Å². The van der Waals surface area contributed by atoms with Crippen LogP contribution in [0.2, 0.25) is 0 Å². The number of nitrogens with two attached hydrogens (primary N) is 1. The van der Waals surface area contributed by atoms with Gasteiger partial charge in [-0.25, -0.2) is 9.78 Å². The largest absolute Gasteiger partial charge is 1.00 e. The number of aromatic nitrogens is 1. The molecule has 3 aliphatic rings. The van der Waals surface area contributed by atoms with Crippen LogP contribution in [0, 0.1) is 5.92 Å². The predicted octanol–water partition coefficient (Wildman–Crippen LogP) is -1.30. The normalized spacial score (nSPS) is 24.7. The fourth-order valence-electron chi connectivity index (χ4n) is 3.94. The number of amides is 1. The number of carbonyl (C=O) groups is 2. The van der Waals surface area contributed by atoms with Gasteiger partial charge in [0.2, 0.25) is 0 Å². The first kappa shape index (κ1) is 23.3. The van der Waals surface area contributed by atoms with E-state index in [1.54, 1.807) is 5.38 Å². The maximum atomic E-state index is 13.0. The average molecular weight is 457 g/mol.